The minimum atomic E-state index is -2.74. The van der Waals surface area contributed by atoms with Gasteiger partial charge < -0.3 is 35.6 Å². The largest absolute Gasteiger partial charge is 0.504 e. The Balaban J connectivity index is 0.000000401. The van der Waals surface area contributed by atoms with Gasteiger partial charge in [0, 0.05) is 42.6 Å². The molecule has 42 heavy (non-hydrogen) atoms. The molecule has 0 unspecified atom stereocenters. The highest BCUT2D eigenvalue weighted by atomic mass is 16.5. The van der Waals surface area contributed by atoms with E-state index in [-0.39, 0.29) is 16.8 Å². The van der Waals surface area contributed by atoms with Crippen molar-refractivity contribution in [2.45, 2.75) is 96.1 Å². The van der Waals surface area contributed by atoms with Crippen LogP contribution in [0.25, 0.3) is 0 Å². The Kier molecular flexibility index (Phi) is 11.8. The van der Waals surface area contributed by atoms with Crippen LogP contribution in [0, 0.1) is 0 Å². The lowest BCUT2D eigenvalue weighted by Gasteiger charge is -2.49. The van der Waals surface area contributed by atoms with Crippen molar-refractivity contribution >= 4 is 17.9 Å². The van der Waals surface area contributed by atoms with Crippen LogP contribution in [0.2, 0.25) is 0 Å². The van der Waals surface area contributed by atoms with Crippen LogP contribution in [-0.2, 0) is 27.5 Å². The number of benzene rings is 1. The van der Waals surface area contributed by atoms with Crippen molar-refractivity contribution in [3.05, 3.63) is 53.9 Å². The molecule has 1 saturated heterocycles. The maximum Gasteiger partial charge on any atom is 0.336 e. The highest BCUT2D eigenvalue weighted by Crippen LogP contribution is 2.34. The Morgan fingerprint density at radius 1 is 1.00 bits per heavy atom. The van der Waals surface area contributed by atoms with Gasteiger partial charge in [0.25, 0.3) is 0 Å². The third-order valence-electron chi connectivity index (χ3n) is 6.79. The Morgan fingerprint density at radius 3 is 2.05 bits per heavy atom. The van der Waals surface area contributed by atoms with E-state index < -0.39 is 36.4 Å². The fourth-order valence-corrected chi connectivity index (χ4v) is 5.44. The van der Waals surface area contributed by atoms with Crippen LogP contribution in [0.15, 0.2) is 42.7 Å². The SMILES string of the molecule is CCOc1cc(CN(Cc2cccnc2)C2CC(C)(C)NC(C)(C)C2)ccc1O.O=C(O)CC(O)(CC(=O)O)C(=O)O. The number of aromatic nitrogens is 1. The highest BCUT2D eigenvalue weighted by molar-refractivity contribution is 5.88. The summed E-state index contributed by atoms with van der Waals surface area (Å²) < 4.78 is 5.60. The molecular weight excluding hydrogens is 546 g/mol. The van der Waals surface area contributed by atoms with Gasteiger partial charge in [-0.3, -0.25) is 19.5 Å². The number of piperidine rings is 1. The molecule has 0 bridgehead atoms. The third kappa shape index (κ3) is 10.9. The molecule has 1 aliphatic heterocycles. The quantitative estimate of drug-likeness (QED) is 0.212. The number of pyridine rings is 1. The fraction of sp³-hybridized carbons (Fsp3) is 0.533. The van der Waals surface area contributed by atoms with Crippen LogP contribution < -0.4 is 10.1 Å². The summed E-state index contributed by atoms with van der Waals surface area (Å²) in [4.78, 5) is 37.3. The van der Waals surface area contributed by atoms with E-state index in [1.165, 1.54) is 5.56 Å². The van der Waals surface area contributed by atoms with Gasteiger partial charge in [0.1, 0.15) is 0 Å². The van der Waals surface area contributed by atoms with Crippen LogP contribution >= 0.6 is 0 Å². The average Bonchev–Trinajstić information content (AvgIpc) is 2.84. The first kappa shape index (κ1) is 34.5. The van der Waals surface area contributed by atoms with Gasteiger partial charge in [-0.05, 0) is 76.8 Å². The lowest BCUT2D eigenvalue weighted by Crippen LogP contribution is -2.62. The number of aromatic hydroxyl groups is 1. The molecule has 12 nitrogen and oxygen atoms in total. The number of carboxylic acids is 3. The number of carbonyl (C=O) groups is 3. The second kappa shape index (κ2) is 14.4. The molecular formula is C30H43N3O9. The normalized spacial score (nSPS) is 16.3. The molecule has 12 heteroatoms. The predicted octanol–water partition coefficient (Wildman–Crippen LogP) is 3.25. The molecule has 2 heterocycles. The number of rotatable bonds is 12. The molecule has 232 valence electrons. The van der Waals surface area contributed by atoms with Crippen molar-refractivity contribution in [3.8, 4) is 11.5 Å². The number of phenols is 1. The van der Waals surface area contributed by atoms with Crippen molar-refractivity contribution < 1.29 is 44.7 Å². The Labute approximate surface area is 246 Å². The first-order valence-electron chi connectivity index (χ1n) is 13.7. The van der Waals surface area contributed by atoms with Crippen molar-refractivity contribution in [2.24, 2.45) is 0 Å². The molecule has 2 aromatic rings. The molecule has 1 aromatic heterocycles. The summed E-state index contributed by atoms with van der Waals surface area (Å²) in [7, 11) is 0. The summed E-state index contributed by atoms with van der Waals surface area (Å²) in [6, 6.07) is 10.3. The Hall–Kier alpha value is -3.74. The molecule has 0 amide bonds. The van der Waals surface area contributed by atoms with Gasteiger partial charge in [-0.1, -0.05) is 12.1 Å². The van der Waals surface area contributed by atoms with Crippen molar-refractivity contribution in [1.82, 2.24) is 15.2 Å². The first-order valence-corrected chi connectivity index (χ1v) is 13.7. The maximum absolute atomic E-state index is 10.3. The fourth-order valence-electron chi connectivity index (χ4n) is 5.44. The van der Waals surface area contributed by atoms with E-state index in [0.29, 0.717) is 18.4 Å². The molecule has 0 saturated carbocycles. The Bertz CT molecular complexity index is 1190. The predicted molar refractivity (Wildman–Crippen MR) is 154 cm³/mol. The summed E-state index contributed by atoms with van der Waals surface area (Å²) >= 11 is 0. The molecule has 6 N–H and O–H groups in total. The lowest BCUT2D eigenvalue weighted by molar-refractivity contribution is -0.170. The number of phenolic OH excluding ortho intramolecular Hbond substituents is 1. The number of aliphatic hydroxyl groups is 1. The van der Waals surface area contributed by atoms with Gasteiger partial charge in [0.2, 0.25) is 0 Å². The number of nitrogens with zero attached hydrogens (tertiary/aromatic N) is 2. The molecule has 1 fully saturated rings. The van der Waals surface area contributed by atoms with E-state index in [1.807, 2.05) is 37.5 Å². The van der Waals surface area contributed by atoms with Gasteiger partial charge in [0.05, 0.1) is 19.4 Å². The minimum Gasteiger partial charge on any atom is -0.504 e. The first-order chi connectivity index (χ1) is 19.4. The highest BCUT2D eigenvalue weighted by Gasteiger charge is 2.41. The van der Waals surface area contributed by atoms with Crippen LogP contribution in [0.5, 0.6) is 11.5 Å². The third-order valence-corrected chi connectivity index (χ3v) is 6.79. The van der Waals surface area contributed by atoms with Crippen molar-refractivity contribution in [1.29, 1.82) is 0 Å². The van der Waals surface area contributed by atoms with Gasteiger partial charge in [-0.15, -0.1) is 0 Å². The van der Waals surface area contributed by atoms with Crippen molar-refractivity contribution in [3.63, 3.8) is 0 Å². The van der Waals surface area contributed by atoms with Crippen LogP contribution in [-0.4, -0.2) is 82.7 Å². The lowest BCUT2D eigenvalue weighted by atomic mass is 9.79. The smallest absolute Gasteiger partial charge is 0.336 e. The maximum atomic E-state index is 10.3. The molecule has 0 aliphatic carbocycles. The van der Waals surface area contributed by atoms with Gasteiger partial charge in [-0.2, -0.15) is 0 Å². The zero-order valence-corrected chi connectivity index (χ0v) is 24.8. The minimum absolute atomic E-state index is 0.0744. The summed E-state index contributed by atoms with van der Waals surface area (Å²) in [5.41, 5.74) is -0.233. The summed E-state index contributed by atoms with van der Waals surface area (Å²) in [5, 5.41) is 47.7. The number of hydrogen-bond acceptors (Lipinski definition) is 9. The van der Waals surface area contributed by atoms with E-state index in [9.17, 15) is 19.5 Å². The van der Waals surface area contributed by atoms with E-state index in [1.54, 1.807) is 6.07 Å². The zero-order valence-electron chi connectivity index (χ0n) is 24.8. The topological polar surface area (TPSA) is 190 Å². The number of ether oxygens (including phenoxy) is 1. The van der Waals surface area contributed by atoms with Crippen LogP contribution in [0.3, 0.4) is 0 Å². The molecule has 3 rings (SSSR count). The summed E-state index contributed by atoms with van der Waals surface area (Å²) in [6.07, 6.45) is 3.63. The second-order valence-corrected chi connectivity index (χ2v) is 11.9. The van der Waals surface area contributed by atoms with Gasteiger partial charge in [0.15, 0.2) is 17.1 Å². The standard InChI is InChI=1S/C24H35N3O2.C6H8O7/c1-6-29-22-12-18(9-10-21(22)28)16-27(17-19-8-7-11-25-15-19)20-13-23(2,3)26-24(4,5)14-20;7-3(8)1-6(13,5(11)12)2-4(9)10/h7-12,15,20,26,28H,6,13-14,16-17H2,1-5H3;13H,1-2H2,(H,7,8)(H,9,10)(H,11,12). The molecule has 1 aliphatic rings. The molecule has 0 atom stereocenters. The Morgan fingerprint density at radius 2 is 1.57 bits per heavy atom. The number of nitrogens with one attached hydrogen (secondary N) is 1. The van der Waals surface area contributed by atoms with E-state index >= 15 is 0 Å². The second-order valence-electron chi connectivity index (χ2n) is 11.9. The van der Waals surface area contributed by atoms with Crippen LogP contribution in [0.1, 0.15) is 71.4 Å². The van der Waals surface area contributed by atoms with Gasteiger partial charge >= 0.3 is 17.9 Å². The summed E-state index contributed by atoms with van der Waals surface area (Å²) in [6.45, 7) is 13.3. The molecule has 0 spiro atoms. The van der Waals surface area contributed by atoms with E-state index in [2.05, 4.69) is 49.0 Å². The molecule has 1 aromatic carbocycles. The summed E-state index contributed by atoms with van der Waals surface area (Å²) in [5.74, 6) is -4.27. The van der Waals surface area contributed by atoms with Gasteiger partial charge in [-0.25, -0.2) is 4.79 Å². The number of aliphatic carboxylic acids is 3. The zero-order chi connectivity index (χ0) is 31.7. The average molecular weight is 590 g/mol. The number of hydrogen-bond donors (Lipinski definition) is 6. The van der Waals surface area contributed by atoms with E-state index in [4.69, 9.17) is 25.2 Å². The number of carboxylic acid groups (broad SMARTS) is 3. The van der Waals surface area contributed by atoms with Crippen LogP contribution in [0.4, 0.5) is 0 Å². The molecule has 0 radical (unpaired) electrons. The van der Waals surface area contributed by atoms with Crippen molar-refractivity contribution in [2.75, 3.05) is 6.61 Å². The van der Waals surface area contributed by atoms with E-state index in [0.717, 1.165) is 31.5 Å². The monoisotopic (exact) mass is 589 g/mol.